The van der Waals surface area contributed by atoms with Crippen LogP contribution >= 0.6 is 11.8 Å². The Kier molecular flexibility index (Phi) is 5.77. The van der Waals surface area contributed by atoms with E-state index >= 15 is 0 Å². The molecule has 0 aromatic carbocycles. The summed E-state index contributed by atoms with van der Waals surface area (Å²) in [6, 6.07) is 3.44. The third-order valence-electron chi connectivity index (χ3n) is 2.39. The molecule has 0 spiro atoms. The Morgan fingerprint density at radius 3 is 2.78 bits per heavy atom. The summed E-state index contributed by atoms with van der Waals surface area (Å²) in [4.78, 5) is 23.8. The van der Waals surface area contributed by atoms with E-state index in [0.29, 0.717) is 18.7 Å². The van der Waals surface area contributed by atoms with Gasteiger partial charge in [0, 0.05) is 20.0 Å². The van der Waals surface area contributed by atoms with Gasteiger partial charge in [0.15, 0.2) is 5.76 Å². The van der Waals surface area contributed by atoms with Crippen LogP contribution in [-0.4, -0.2) is 41.7 Å². The van der Waals surface area contributed by atoms with Crippen LogP contribution in [0.25, 0.3) is 0 Å². The Labute approximate surface area is 110 Å². The van der Waals surface area contributed by atoms with E-state index in [1.807, 2.05) is 6.26 Å². The highest BCUT2D eigenvalue weighted by Crippen LogP contribution is 2.14. The van der Waals surface area contributed by atoms with Gasteiger partial charge in [0.2, 0.25) is 0 Å². The van der Waals surface area contributed by atoms with E-state index in [0.717, 1.165) is 11.5 Å². The molecule has 100 valence electrons. The number of carboxylic acids is 1. The summed E-state index contributed by atoms with van der Waals surface area (Å²) < 4.78 is 5.41. The zero-order valence-electron chi connectivity index (χ0n) is 10.5. The summed E-state index contributed by atoms with van der Waals surface area (Å²) in [6.45, 7) is 0.406. The molecule has 1 aromatic rings. The van der Waals surface area contributed by atoms with E-state index in [9.17, 15) is 9.59 Å². The molecule has 1 aromatic heterocycles. The van der Waals surface area contributed by atoms with Crippen LogP contribution in [0.3, 0.4) is 0 Å². The average molecular weight is 271 g/mol. The molecule has 0 fully saturated rings. The van der Waals surface area contributed by atoms with E-state index < -0.39 is 5.97 Å². The van der Waals surface area contributed by atoms with Gasteiger partial charge in [-0.2, -0.15) is 11.8 Å². The number of rotatable bonds is 7. The van der Waals surface area contributed by atoms with Crippen LogP contribution in [0.5, 0.6) is 0 Å². The Morgan fingerprint density at radius 1 is 1.44 bits per heavy atom. The second-order valence-corrected chi connectivity index (χ2v) is 4.79. The van der Waals surface area contributed by atoms with E-state index in [-0.39, 0.29) is 12.3 Å². The molecule has 0 radical (unpaired) electrons. The summed E-state index contributed by atoms with van der Waals surface area (Å²) in [5.41, 5.74) is 0. The molecule has 5 nitrogen and oxygen atoms in total. The lowest BCUT2D eigenvalue weighted by Gasteiger charge is -2.14. The highest BCUT2D eigenvalue weighted by molar-refractivity contribution is 7.97. The van der Waals surface area contributed by atoms with Crippen molar-refractivity contribution in [1.82, 2.24) is 4.90 Å². The van der Waals surface area contributed by atoms with Gasteiger partial charge in [0.1, 0.15) is 5.76 Å². The molecule has 1 N–H and O–H groups in total. The van der Waals surface area contributed by atoms with Crippen molar-refractivity contribution < 1.29 is 19.1 Å². The Morgan fingerprint density at radius 2 is 2.17 bits per heavy atom. The molecular formula is C12H17NO4S. The third kappa shape index (κ3) is 4.44. The maximum absolute atomic E-state index is 11.9. The summed E-state index contributed by atoms with van der Waals surface area (Å²) in [5.74, 6) is 0.737. The second-order valence-electron chi connectivity index (χ2n) is 3.92. The van der Waals surface area contributed by atoms with Gasteiger partial charge in [-0.05, 0) is 24.8 Å². The van der Waals surface area contributed by atoms with Crippen molar-refractivity contribution >= 4 is 23.6 Å². The zero-order chi connectivity index (χ0) is 13.5. The molecule has 0 atom stereocenters. The van der Waals surface area contributed by atoms with Gasteiger partial charge in [-0.3, -0.25) is 9.59 Å². The molecule has 1 amide bonds. The predicted octanol–water partition coefficient (Wildman–Crippen LogP) is 2.08. The fourth-order valence-electron chi connectivity index (χ4n) is 1.47. The van der Waals surface area contributed by atoms with E-state index in [1.165, 1.54) is 4.90 Å². The second kappa shape index (κ2) is 7.10. The highest BCUT2D eigenvalue weighted by atomic mass is 32.2. The molecule has 1 heterocycles. The van der Waals surface area contributed by atoms with E-state index in [2.05, 4.69) is 0 Å². The van der Waals surface area contributed by atoms with Crippen molar-refractivity contribution in [3.8, 4) is 0 Å². The molecule has 0 saturated heterocycles. The number of aliphatic carboxylic acids is 1. The normalized spacial score (nSPS) is 10.3. The summed E-state index contributed by atoms with van der Waals surface area (Å²) >= 11 is 1.62. The summed E-state index contributed by atoms with van der Waals surface area (Å²) in [6.07, 6.45) is 2.46. The molecule has 1 rings (SSSR count). The number of amides is 1. The van der Waals surface area contributed by atoms with Crippen molar-refractivity contribution in [2.24, 2.45) is 0 Å². The van der Waals surface area contributed by atoms with E-state index in [4.69, 9.17) is 9.52 Å². The SMILES string of the molecule is CSCc1ccc(C(=O)N(C)CCCC(=O)O)o1. The van der Waals surface area contributed by atoms with Crippen molar-refractivity contribution in [2.75, 3.05) is 19.8 Å². The average Bonchev–Trinajstić information content (AvgIpc) is 2.76. The van der Waals surface area contributed by atoms with Gasteiger partial charge >= 0.3 is 5.97 Å². The maximum Gasteiger partial charge on any atom is 0.303 e. The molecule has 0 saturated carbocycles. The number of nitrogens with zero attached hydrogens (tertiary/aromatic N) is 1. The summed E-state index contributed by atoms with van der Waals surface area (Å²) in [7, 11) is 1.64. The van der Waals surface area contributed by atoms with Crippen LogP contribution < -0.4 is 0 Å². The fraction of sp³-hybridized carbons (Fsp3) is 0.500. The van der Waals surface area contributed by atoms with Gasteiger partial charge in [0.05, 0.1) is 5.75 Å². The number of furan rings is 1. The van der Waals surface area contributed by atoms with Crippen LogP contribution in [0, 0.1) is 0 Å². The standard InChI is InChI=1S/C12H17NO4S/c1-13(7-3-4-11(14)15)12(16)10-6-5-9(17-10)8-18-2/h5-6H,3-4,7-8H2,1-2H3,(H,14,15). The van der Waals surface area contributed by atoms with Crippen molar-refractivity contribution in [2.45, 2.75) is 18.6 Å². The van der Waals surface area contributed by atoms with Crippen molar-refractivity contribution in [3.05, 3.63) is 23.7 Å². The fourth-order valence-corrected chi connectivity index (χ4v) is 1.91. The van der Waals surface area contributed by atoms with Crippen LogP contribution in [0.15, 0.2) is 16.5 Å². The van der Waals surface area contributed by atoms with Crippen LogP contribution in [0.2, 0.25) is 0 Å². The highest BCUT2D eigenvalue weighted by Gasteiger charge is 2.15. The van der Waals surface area contributed by atoms with Crippen molar-refractivity contribution in [1.29, 1.82) is 0 Å². The molecule has 18 heavy (non-hydrogen) atoms. The lowest BCUT2D eigenvalue weighted by Crippen LogP contribution is -2.27. The lowest BCUT2D eigenvalue weighted by molar-refractivity contribution is -0.137. The lowest BCUT2D eigenvalue weighted by atomic mass is 10.3. The minimum Gasteiger partial charge on any atom is -0.481 e. The minimum absolute atomic E-state index is 0.0630. The minimum atomic E-state index is -0.851. The molecular weight excluding hydrogens is 254 g/mol. The van der Waals surface area contributed by atoms with Crippen LogP contribution in [0.1, 0.15) is 29.2 Å². The number of carbonyl (C=O) groups is 2. The van der Waals surface area contributed by atoms with Crippen LogP contribution in [0.4, 0.5) is 0 Å². The van der Waals surface area contributed by atoms with Crippen molar-refractivity contribution in [3.63, 3.8) is 0 Å². The monoisotopic (exact) mass is 271 g/mol. The predicted molar refractivity (Wildman–Crippen MR) is 69.8 cm³/mol. The number of hydrogen-bond acceptors (Lipinski definition) is 4. The van der Waals surface area contributed by atoms with Gasteiger partial charge in [-0.1, -0.05) is 0 Å². The third-order valence-corrected chi connectivity index (χ3v) is 2.96. The summed E-state index contributed by atoms with van der Waals surface area (Å²) in [5, 5.41) is 8.52. The first-order chi connectivity index (χ1) is 8.54. The van der Waals surface area contributed by atoms with Gasteiger partial charge in [0.25, 0.3) is 5.91 Å². The quantitative estimate of drug-likeness (QED) is 0.822. The van der Waals surface area contributed by atoms with Gasteiger partial charge < -0.3 is 14.4 Å². The van der Waals surface area contributed by atoms with E-state index in [1.54, 1.807) is 30.9 Å². The molecule has 0 unspecified atom stereocenters. The first-order valence-electron chi connectivity index (χ1n) is 5.59. The zero-order valence-corrected chi connectivity index (χ0v) is 11.3. The molecule has 6 heteroatoms. The Bertz CT molecular complexity index is 416. The maximum atomic E-state index is 11.9. The topological polar surface area (TPSA) is 70.8 Å². The largest absolute Gasteiger partial charge is 0.481 e. The number of hydrogen-bond donors (Lipinski definition) is 1. The Balaban J connectivity index is 2.48. The van der Waals surface area contributed by atoms with Gasteiger partial charge in [-0.15, -0.1) is 0 Å². The molecule has 0 aliphatic heterocycles. The smallest absolute Gasteiger partial charge is 0.303 e. The first kappa shape index (κ1) is 14.6. The first-order valence-corrected chi connectivity index (χ1v) is 6.99. The molecule has 0 aliphatic rings. The molecule has 0 bridgehead atoms. The number of thioether (sulfide) groups is 1. The Hall–Kier alpha value is -1.43. The molecule has 0 aliphatic carbocycles. The number of carbonyl (C=O) groups excluding carboxylic acids is 1. The van der Waals surface area contributed by atoms with Crippen LogP contribution in [-0.2, 0) is 10.5 Å². The van der Waals surface area contributed by atoms with Gasteiger partial charge in [-0.25, -0.2) is 0 Å². The number of carboxylic acid groups (broad SMARTS) is 1.